The molecule has 0 aliphatic heterocycles. The Kier molecular flexibility index (Phi) is 3.76. The third kappa shape index (κ3) is 3.03. The van der Waals surface area contributed by atoms with Gasteiger partial charge in [-0.15, -0.1) is 0 Å². The van der Waals surface area contributed by atoms with Crippen LogP contribution in [0, 0.1) is 0 Å². The van der Waals surface area contributed by atoms with Crippen LogP contribution in [0.1, 0.15) is 44.9 Å². The first-order valence-corrected chi connectivity index (χ1v) is 6.44. The number of nitrogens with zero attached hydrogens (tertiary/aromatic N) is 3. The number of nitrogens with two attached hydrogens (primary N) is 1. The average Bonchev–Trinajstić information content (AvgIpc) is 2.71. The molecule has 1 aromatic heterocycles. The fourth-order valence-corrected chi connectivity index (χ4v) is 2.44. The minimum Gasteiger partial charge on any atom is -0.328 e. The number of halogens is 1. The highest BCUT2D eigenvalue weighted by molar-refractivity contribution is 4.98. The summed E-state index contributed by atoms with van der Waals surface area (Å²) in [6.45, 7) is 2.89. The highest BCUT2D eigenvalue weighted by atomic mass is 19.1. The molecule has 1 aliphatic carbocycles. The summed E-state index contributed by atoms with van der Waals surface area (Å²) in [4.78, 5) is 4.17. The van der Waals surface area contributed by atoms with Crippen molar-refractivity contribution in [2.45, 2.75) is 63.7 Å². The normalized spacial score (nSPS) is 29.5. The Morgan fingerprint density at radius 3 is 2.88 bits per heavy atom. The lowest BCUT2D eigenvalue weighted by atomic mass is 9.81. The van der Waals surface area contributed by atoms with Crippen molar-refractivity contribution >= 4 is 0 Å². The van der Waals surface area contributed by atoms with Gasteiger partial charge in [0.15, 0.2) is 0 Å². The van der Waals surface area contributed by atoms with Crippen LogP contribution in [0.2, 0.25) is 0 Å². The van der Waals surface area contributed by atoms with Crippen LogP contribution in [0.15, 0.2) is 6.33 Å². The van der Waals surface area contributed by atoms with Gasteiger partial charge in [0.25, 0.3) is 0 Å². The van der Waals surface area contributed by atoms with E-state index in [4.69, 9.17) is 5.73 Å². The number of hydrogen-bond donors (Lipinski definition) is 1. The molecule has 1 aliphatic rings. The zero-order chi connectivity index (χ0) is 12.3. The molecule has 1 fully saturated rings. The second-order valence-electron chi connectivity index (χ2n) is 5.06. The van der Waals surface area contributed by atoms with Crippen molar-refractivity contribution in [1.82, 2.24) is 14.8 Å². The number of aromatic nitrogens is 3. The minimum absolute atomic E-state index is 0.174. The Bertz CT molecular complexity index is 355. The Morgan fingerprint density at radius 1 is 1.53 bits per heavy atom. The molecule has 2 N–H and O–H groups in total. The van der Waals surface area contributed by atoms with Gasteiger partial charge in [-0.1, -0.05) is 6.92 Å². The molecule has 0 spiro atoms. The lowest BCUT2D eigenvalue weighted by Gasteiger charge is -2.32. The second kappa shape index (κ2) is 5.12. The molecule has 0 aromatic carbocycles. The Labute approximate surface area is 101 Å². The molecule has 0 saturated heterocycles. The van der Waals surface area contributed by atoms with E-state index in [0.29, 0.717) is 19.3 Å². The van der Waals surface area contributed by atoms with E-state index < -0.39 is 5.67 Å². The Hall–Kier alpha value is -0.970. The summed E-state index contributed by atoms with van der Waals surface area (Å²) in [7, 11) is 0. The average molecular weight is 240 g/mol. The third-order valence-corrected chi connectivity index (χ3v) is 3.53. The molecule has 5 heteroatoms. The van der Waals surface area contributed by atoms with Crippen LogP contribution in [-0.2, 0) is 13.0 Å². The van der Waals surface area contributed by atoms with Crippen LogP contribution in [0.25, 0.3) is 0 Å². The zero-order valence-corrected chi connectivity index (χ0v) is 10.4. The van der Waals surface area contributed by atoms with Crippen molar-refractivity contribution in [2.24, 2.45) is 5.73 Å². The lowest BCUT2D eigenvalue weighted by Crippen LogP contribution is -2.37. The van der Waals surface area contributed by atoms with Gasteiger partial charge in [-0.05, 0) is 32.1 Å². The van der Waals surface area contributed by atoms with Gasteiger partial charge in [-0.25, -0.2) is 14.1 Å². The van der Waals surface area contributed by atoms with Gasteiger partial charge < -0.3 is 5.73 Å². The highest BCUT2D eigenvalue weighted by Gasteiger charge is 2.35. The molecule has 1 aromatic rings. The smallest absolute Gasteiger partial charge is 0.138 e. The van der Waals surface area contributed by atoms with E-state index in [1.54, 1.807) is 0 Å². The van der Waals surface area contributed by atoms with Crippen molar-refractivity contribution in [1.29, 1.82) is 0 Å². The predicted molar refractivity (Wildman–Crippen MR) is 64.3 cm³/mol. The number of hydrogen-bond acceptors (Lipinski definition) is 3. The van der Waals surface area contributed by atoms with E-state index in [1.165, 1.54) is 6.33 Å². The second-order valence-corrected chi connectivity index (χ2v) is 5.06. The van der Waals surface area contributed by atoms with Gasteiger partial charge in [0, 0.05) is 19.0 Å². The van der Waals surface area contributed by atoms with Crippen molar-refractivity contribution in [3.8, 4) is 0 Å². The molecule has 1 heterocycles. The van der Waals surface area contributed by atoms with Crippen molar-refractivity contribution < 1.29 is 4.39 Å². The van der Waals surface area contributed by atoms with Crippen LogP contribution in [0.5, 0.6) is 0 Å². The molecule has 1 saturated carbocycles. The predicted octanol–water partition coefficient (Wildman–Crippen LogP) is 1.84. The lowest BCUT2D eigenvalue weighted by molar-refractivity contribution is 0.0957. The Morgan fingerprint density at radius 2 is 2.24 bits per heavy atom. The fourth-order valence-electron chi connectivity index (χ4n) is 2.44. The maximum Gasteiger partial charge on any atom is 0.138 e. The molecule has 0 unspecified atom stereocenters. The molecule has 0 radical (unpaired) electrons. The quantitative estimate of drug-likeness (QED) is 0.873. The van der Waals surface area contributed by atoms with Crippen LogP contribution < -0.4 is 5.73 Å². The SMILES string of the molecule is CCCn1ncnc1CC1(F)CCC(N)CC1. The third-order valence-electron chi connectivity index (χ3n) is 3.53. The standard InChI is InChI=1S/C12H21FN4/c1-2-7-17-11(15-9-16-17)8-12(13)5-3-10(14)4-6-12/h9-10H,2-8,14H2,1H3. The summed E-state index contributed by atoms with van der Waals surface area (Å²) in [5.74, 6) is 0.768. The molecule has 0 bridgehead atoms. The summed E-state index contributed by atoms with van der Waals surface area (Å²) in [6, 6.07) is 0.174. The summed E-state index contributed by atoms with van der Waals surface area (Å²) >= 11 is 0. The number of alkyl halides is 1. The van der Waals surface area contributed by atoms with Crippen LogP contribution in [0.3, 0.4) is 0 Å². The van der Waals surface area contributed by atoms with Gasteiger partial charge in [-0.3, -0.25) is 0 Å². The van der Waals surface area contributed by atoms with Crippen LogP contribution >= 0.6 is 0 Å². The molecular formula is C12H21FN4. The van der Waals surface area contributed by atoms with E-state index >= 15 is 0 Å². The van der Waals surface area contributed by atoms with Gasteiger partial charge >= 0.3 is 0 Å². The van der Waals surface area contributed by atoms with E-state index in [2.05, 4.69) is 17.0 Å². The van der Waals surface area contributed by atoms with E-state index in [1.807, 2.05) is 4.68 Å². The molecule has 2 rings (SSSR count). The van der Waals surface area contributed by atoms with Gasteiger partial charge in [-0.2, -0.15) is 5.10 Å². The van der Waals surface area contributed by atoms with E-state index in [0.717, 1.165) is 31.6 Å². The number of rotatable bonds is 4. The van der Waals surface area contributed by atoms with E-state index in [9.17, 15) is 4.39 Å². The highest BCUT2D eigenvalue weighted by Crippen LogP contribution is 2.33. The topological polar surface area (TPSA) is 56.7 Å². The molecule has 0 amide bonds. The molecular weight excluding hydrogens is 219 g/mol. The minimum atomic E-state index is -1.13. The number of aryl methyl sites for hydroxylation is 1. The first-order chi connectivity index (χ1) is 8.13. The Balaban J connectivity index is 2.01. The monoisotopic (exact) mass is 240 g/mol. The van der Waals surface area contributed by atoms with Crippen LogP contribution in [0.4, 0.5) is 4.39 Å². The molecule has 96 valence electrons. The van der Waals surface area contributed by atoms with E-state index in [-0.39, 0.29) is 6.04 Å². The largest absolute Gasteiger partial charge is 0.328 e. The summed E-state index contributed by atoms with van der Waals surface area (Å²) in [5.41, 5.74) is 4.68. The van der Waals surface area contributed by atoms with Crippen LogP contribution in [-0.4, -0.2) is 26.5 Å². The molecule has 17 heavy (non-hydrogen) atoms. The molecule has 0 atom stereocenters. The maximum atomic E-state index is 14.6. The maximum absolute atomic E-state index is 14.6. The zero-order valence-electron chi connectivity index (χ0n) is 10.4. The fraction of sp³-hybridized carbons (Fsp3) is 0.833. The summed E-state index contributed by atoms with van der Waals surface area (Å²) in [6.07, 6.45) is 5.53. The van der Waals surface area contributed by atoms with Crippen molar-refractivity contribution in [3.63, 3.8) is 0 Å². The summed E-state index contributed by atoms with van der Waals surface area (Å²) < 4.78 is 16.4. The molecule has 4 nitrogen and oxygen atoms in total. The van der Waals surface area contributed by atoms with Gasteiger partial charge in [0.2, 0.25) is 0 Å². The van der Waals surface area contributed by atoms with Crippen molar-refractivity contribution in [3.05, 3.63) is 12.2 Å². The van der Waals surface area contributed by atoms with Gasteiger partial charge in [0.05, 0.1) is 0 Å². The first-order valence-electron chi connectivity index (χ1n) is 6.44. The summed E-state index contributed by atoms with van der Waals surface area (Å²) in [5, 5.41) is 4.13. The van der Waals surface area contributed by atoms with Crippen molar-refractivity contribution in [2.75, 3.05) is 0 Å². The first kappa shape index (κ1) is 12.5. The van der Waals surface area contributed by atoms with Gasteiger partial charge in [0.1, 0.15) is 17.8 Å².